The number of methoxy groups -OCH3 is 1. The number of anilines is 1. The molecule has 2 aromatic carbocycles. The molecule has 4 atom stereocenters. The highest BCUT2D eigenvalue weighted by Crippen LogP contribution is 2.41. The Morgan fingerprint density at radius 2 is 1.77 bits per heavy atom. The molecule has 0 radical (unpaired) electrons. The summed E-state index contributed by atoms with van der Waals surface area (Å²) in [6.07, 6.45) is 0.636. The van der Waals surface area contributed by atoms with Crippen LogP contribution in [0, 0.1) is 5.41 Å². The van der Waals surface area contributed by atoms with Crippen LogP contribution in [0.3, 0.4) is 0 Å². The Kier molecular flexibility index (Phi) is 11.0. The number of carbonyl (C=O) groups excluding carboxylic acids is 1. The second-order valence-corrected chi connectivity index (χ2v) is 17.8. The van der Waals surface area contributed by atoms with E-state index in [2.05, 4.69) is 39.2 Å². The average molecular weight is 572 g/mol. The second-order valence-electron chi connectivity index (χ2n) is 13.0. The van der Waals surface area contributed by atoms with Gasteiger partial charge < -0.3 is 29.1 Å². The van der Waals surface area contributed by atoms with Gasteiger partial charge in [0.25, 0.3) is 0 Å². The van der Waals surface area contributed by atoms with Crippen LogP contribution < -0.4 is 10.1 Å². The monoisotopic (exact) mass is 571 g/mol. The topological polar surface area (TPSA) is 86.3 Å². The highest BCUT2D eigenvalue weighted by atomic mass is 28.4. The average Bonchev–Trinajstić information content (AvgIpc) is 2.88. The molecule has 0 bridgehead atoms. The van der Waals surface area contributed by atoms with Crippen molar-refractivity contribution in [2.45, 2.75) is 110 Å². The molecule has 0 aromatic heterocycles. The van der Waals surface area contributed by atoms with Crippen LogP contribution in [0.5, 0.6) is 5.75 Å². The highest BCUT2D eigenvalue weighted by Gasteiger charge is 2.45. The van der Waals surface area contributed by atoms with Gasteiger partial charge in [-0.2, -0.15) is 0 Å². The van der Waals surface area contributed by atoms with E-state index in [1.165, 1.54) is 0 Å². The van der Waals surface area contributed by atoms with Crippen LogP contribution in [-0.4, -0.2) is 51.0 Å². The molecule has 8 heteroatoms. The van der Waals surface area contributed by atoms with Gasteiger partial charge in [-0.15, -0.1) is 0 Å². The zero-order valence-corrected chi connectivity index (χ0v) is 26.5. The summed E-state index contributed by atoms with van der Waals surface area (Å²) in [6.45, 7) is 15.4. The Morgan fingerprint density at radius 3 is 2.38 bits per heavy atom. The van der Waals surface area contributed by atoms with Crippen molar-refractivity contribution < 1.29 is 28.5 Å². The zero-order chi connectivity index (χ0) is 29.6. The minimum atomic E-state index is -2.12. The number of hydrogen-bond donors (Lipinski definition) is 2. The molecule has 222 valence electrons. The molecule has 0 saturated carbocycles. The van der Waals surface area contributed by atoms with E-state index in [0.717, 1.165) is 17.0 Å². The molecule has 1 fully saturated rings. The number of amides is 1. The van der Waals surface area contributed by atoms with Crippen molar-refractivity contribution in [2.24, 2.45) is 5.41 Å². The first-order chi connectivity index (χ1) is 18.7. The number of aliphatic hydroxyl groups excluding tert-OH is 1. The first kappa shape index (κ1) is 32.3. The van der Waals surface area contributed by atoms with E-state index in [1.807, 2.05) is 68.4 Å². The Hall–Kier alpha value is -2.23. The Balaban J connectivity index is 1.65. The molecule has 1 heterocycles. The van der Waals surface area contributed by atoms with Crippen LogP contribution in [-0.2, 0) is 25.3 Å². The standard InChI is InChI=1S/C32H49NO6Si/c1-31(2,3)40(7,8)39-27(21-29(34)33-24-12-10-9-11-13-24)19-18-26-20-28(32(4,5)30(35)38-26)37-22-23-14-16-25(36-6)17-15-23/h9-17,26-28,30,35H,18-22H2,1-8H3,(H,33,34)/t26-,27-,28+,30?/m1/s1. The first-order valence-electron chi connectivity index (χ1n) is 14.3. The number of para-hydroxylation sites is 1. The molecular weight excluding hydrogens is 522 g/mol. The molecule has 2 aromatic rings. The van der Waals surface area contributed by atoms with Gasteiger partial charge in [-0.25, -0.2) is 0 Å². The van der Waals surface area contributed by atoms with E-state index in [-0.39, 0.29) is 35.7 Å². The SMILES string of the molecule is COc1ccc(CO[C@H]2C[C@@H](CC[C@H](CC(=O)Nc3ccccc3)O[Si](C)(C)C(C)(C)C)OC(O)C2(C)C)cc1. The summed E-state index contributed by atoms with van der Waals surface area (Å²) in [7, 11) is -0.477. The van der Waals surface area contributed by atoms with Crippen molar-refractivity contribution >= 4 is 19.9 Å². The van der Waals surface area contributed by atoms with Crippen LogP contribution in [0.1, 0.15) is 65.9 Å². The number of benzene rings is 2. The maximum absolute atomic E-state index is 13.0. The van der Waals surface area contributed by atoms with Crippen molar-refractivity contribution in [1.29, 1.82) is 0 Å². The predicted molar refractivity (Wildman–Crippen MR) is 162 cm³/mol. The van der Waals surface area contributed by atoms with Gasteiger partial charge in [0, 0.05) is 17.5 Å². The molecule has 0 aliphatic carbocycles. The maximum Gasteiger partial charge on any atom is 0.226 e. The quantitative estimate of drug-likeness (QED) is 0.269. The van der Waals surface area contributed by atoms with Crippen molar-refractivity contribution in [1.82, 2.24) is 0 Å². The molecular formula is C32H49NO6Si. The molecule has 3 rings (SSSR count). The fourth-order valence-corrected chi connectivity index (χ4v) is 6.00. The van der Waals surface area contributed by atoms with Crippen LogP contribution in [0.25, 0.3) is 0 Å². The second kappa shape index (κ2) is 13.6. The Labute approximate surface area is 241 Å². The number of hydrogen-bond acceptors (Lipinski definition) is 6. The lowest BCUT2D eigenvalue weighted by molar-refractivity contribution is -0.269. The third-order valence-electron chi connectivity index (χ3n) is 8.42. The predicted octanol–water partition coefficient (Wildman–Crippen LogP) is 6.91. The molecule has 2 N–H and O–H groups in total. The van der Waals surface area contributed by atoms with Gasteiger partial charge in [0.2, 0.25) is 5.91 Å². The number of nitrogens with one attached hydrogen (secondary N) is 1. The van der Waals surface area contributed by atoms with E-state index in [1.54, 1.807) is 7.11 Å². The van der Waals surface area contributed by atoms with Crippen LogP contribution >= 0.6 is 0 Å². The summed E-state index contributed by atoms with van der Waals surface area (Å²) in [5, 5.41) is 13.9. The number of ether oxygens (including phenoxy) is 3. The molecule has 0 spiro atoms. The van der Waals surface area contributed by atoms with Crippen LogP contribution in [0.15, 0.2) is 54.6 Å². The normalized spacial score (nSPS) is 22.0. The van der Waals surface area contributed by atoms with Gasteiger partial charge in [0.15, 0.2) is 14.6 Å². The maximum atomic E-state index is 13.0. The fourth-order valence-electron chi connectivity index (χ4n) is 4.61. The summed E-state index contributed by atoms with van der Waals surface area (Å²) in [5.74, 6) is 0.735. The third kappa shape index (κ3) is 8.88. The van der Waals surface area contributed by atoms with Crippen LogP contribution in [0.2, 0.25) is 18.1 Å². The Bertz CT molecular complexity index is 1070. The molecule has 1 aliphatic rings. The van der Waals surface area contributed by atoms with E-state index >= 15 is 0 Å². The van der Waals surface area contributed by atoms with Crippen LogP contribution in [0.4, 0.5) is 5.69 Å². The molecule has 40 heavy (non-hydrogen) atoms. The zero-order valence-electron chi connectivity index (χ0n) is 25.5. The van der Waals surface area contributed by atoms with Gasteiger partial charge in [-0.3, -0.25) is 4.79 Å². The molecule has 1 saturated heterocycles. The van der Waals surface area contributed by atoms with E-state index < -0.39 is 20.0 Å². The number of aliphatic hydroxyl groups is 1. The van der Waals surface area contributed by atoms with Gasteiger partial charge in [0.1, 0.15) is 5.75 Å². The van der Waals surface area contributed by atoms with Crippen molar-refractivity contribution in [3.05, 3.63) is 60.2 Å². The van der Waals surface area contributed by atoms with E-state index in [4.69, 9.17) is 18.6 Å². The van der Waals surface area contributed by atoms with Gasteiger partial charge in [-0.05, 0) is 60.8 Å². The lowest BCUT2D eigenvalue weighted by Crippen LogP contribution is -2.51. The molecule has 1 aliphatic heterocycles. The van der Waals surface area contributed by atoms with Gasteiger partial charge in [0.05, 0.1) is 38.4 Å². The highest BCUT2D eigenvalue weighted by molar-refractivity contribution is 6.74. The molecule has 1 amide bonds. The van der Waals surface area contributed by atoms with Crippen molar-refractivity contribution in [2.75, 3.05) is 12.4 Å². The lowest BCUT2D eigenvalue weighted by Gasteiger charge is -2.45. The van der Waals surface area contributed by atoms with Gasteiger partial charge >= 0.3 is 0 Å². The molecule has 7 nitrogen and oxygen atoms in total. The van der Waals surface area contributed by atoms with Crippen molar-refractivity contribution in [3.8, 4) is 5.75 Å². The fraction of sp³-hybridized carbons (Fsp3) is 0.594. The minimum absolute atomic E-state index is 0.0170. The summed E-state index contributed by atoms with van der Waals surface area (Å²) in [4.78, 5) is 13.0. The number of carbonyl (C=O) groups is 1. The number of rotatable bonds is 12. The lowest BCUT2D eigenvalue weighted by atomic mass is 9.79. The smallest absolute Gasteiger partial charge is 0.226 e. The summed E-state index contributed by atoms with van der Waals surface area (Å²) < 4.78 is 24.4. The minimum Gasteiger partial charge on any atom is -0.497 e. The Morgan fingerprint density at radius 1 is 1.12 bits per heavy atom. The van der Waals surface area contributed by atoms with Crippen molar-refractivity contribution in [3.63, 3.8) is 0 Å². The summed E-state index contributed by atoms with van der Waals surface area (Å²) in [5.41, 5.74) is 1.26. The third-order valence-corrected chi connectivity index (χ3v) is 13.0. The van der Waals surface area contributed by atoms with E-state index in [0.29, 0.717) is 25.9 Å². The largest absolute Gasteiger partial charge is 0.497 e. The summed E-state index contributed by atoms with van der Waals surface area (Å²) >= 11 is 0. The molecule has 1 unspecified atom stereocenters. The first-order valence-corrected chi connectivity index (χ1v) is 17.2. The van der Waals surface area contributed by atoms with E-state index in [9.17, 15) is 9.90 Å². The summed E-state index contributed by atoms with van der Waals surface area (Å²) in [6, 6.07) is 17.3. The van der Waals surface area contributed by atoms with Gasteiger partial charge in [-0.1, -0.05) is 65.0 Å².